The van der Waals surface area contributed by atoms with Gasteiger partial charge in [-0.1, -0.05) is 47.5 Å². The van der Waals surface area contributed by atoms with Crippen molar-refractivity contribution >= 4 is 55.8 Å². The molecule has 0 fully saturated rings. The van der Waals surface area contributed by atoms with Gasteiger partial charge in [0.1, 0.15) is 6.54 Å². The lowest BCUT2D eigenvalue weighted by atomic mass is 10.3. The summed E-state index contributed by atoms with van der Waals surface area (Å²) in [7, 11) is -4.04. The number of para-hydroxylation sites is 1. The molecule has 0 radical (unpaired) electrons. The van der Waals surface area contributed by atoms with Gasteiger partial charge in [-0.2, -0.15) is 0 Å². The Hall–Kier alpha value is -1.27. The molecular weight excluding hydrogens is 369 g/mol. The quantitative estimate of drug-likeness (QED) is 0.740. The topological polar surface area (TPSA) is 54.5 Å². The van der Waals surface area contributed by atoms with Gasteiger partial charge in [0.15, 0.2) is 0 Å². The molecule has 4 nitrogen and oxygen atoms in total. The zero-order valence-corrected chi connectivity index (χ0v) is 14.1. The second kappa shape index (κ2) is 6.87. The summed E-state index contributed by atoms with van der Waals surface area (Å²) in [6, 6.07) is 12.2. The van der Waals surface area contributed by atoms with Crippen LogP contribution in [0.1, 0.15) is 0 Å². The smallest absolute Gasteiger partial charge is 0.264 e. The zero-order valence-electron chi connectivity index (χ0n) is 11.0. The first kappa shape index (κ1) is 17.1. The summed E-state index contributed by atoms with van der Waals surface area (Å²) in [4.78, 5) is 11.3. The summed E-state index contributed by atoms with van der Waals surface area (Å²) >= 11 is 17.5. The van der Waals surface area contributed by atoms with Crippen LogP contribution in [0, 0.1) is 0 Å². The van der Waals surface area contributed by atoms with E-state index in [4.69, 9.17) is 34.8 Å². The standard InChI is InChI=1S/C14H10Cl3NO3S/c15-11-7-4-8-12(16)14(11)18(9-13(17)19)22(20,21)10-5-2-1-3-6-10/h1-8H,9H2. The number of nitrogens with zero attached hydrogens (tertiary/aromatic N) is 1. The van der Waals surface area contributed by atoms with Crippen molar-refractivity contribution < 1.29 is 13.2 Å². The molecule has 0 bridgehead atoms. The maximum absolute atomic E-state index is 12.8. The normalized spacial score (nSPS) is 11.2. The number of anilines is 1. The second-order valence-electron chi connectivity index (χ2n) is 4.25. The molecule has 0 N–H and O–H groups in total. The molecule has 2 aromatic rings. The molecule has 0 aromatic heterocycles. The van der Waals surface area contributed by atoms with Crippen molar-refractivity contribution in [1.29, 1.82) is 0 Å². The SMILES string of the molecule is O=C(Cl)CN(c1c(Cl)cccc1Cl)S(=O)(=O)c1ccccc1. The molecular formula is C14H10Cl3NO3S. The highest BCUT2D eigenvalue weighted by Gasteiger charge is 2.29. The maximum Gasteiger partial charge on any atom is 0.264 e. The lowest BCUT2D eigenvalue weighted by Gasteiger charge is -2.24. The molecule has 0 aliphatic carbocycles. The molecule has 2 rings (SSSR count). The van der Waals surface area contributed by atoms with Crippen LogP contribution in [0.5, 0.6) is 0 Å². The fourth-order valence-electron chi connectivity index (χ4n) is 1.84. The first-order valence-corrected chi connectivity index (χ1v) is 8.61. The fourth-order valence-corrected chi connectivity index (χ4v) is 4.22. The number of carbonyl (C=O) groups is 1. The molecule has 0 aliphatic heterocycles. The fraction of sp³-hybridized carbons (Fsp3) is 0.0714. The number of rotatable bonds is 5. The van der Waals surface area contributed by atoms with Gasteiger partial charge in [-0.05, 0) is 35.9 Å². The minimum Gasteiger partial charge on any atom is -0.279 e. The number of benzene rings is 2. The van der Waals surface area contributed by atoms with E-state index in [9.17, 15) is 13.2 Å². The third-order valence-corrected chi connectivity index (χ3v) is 5.28. The van der Waals surface area contributed by atoms with Gasteiger partial charge in [0, 0.05) is 0 Å². The Balaban J connectivity index is 2.64. The number of sulfonamides is 1. The van der Waals surface area contributed by atoms with E-state index in [0.717, 1.165) is 4.31 Å². The molecule has 0 saturated heterocycles. The Kier molecular flexibility index (Phi) is 5.34. The van der Waals surface area contributed by atoms with Gasteiger partial charge < -0.3 is 0 Å². The molecule has 8 heteroatoms. The van der Waals surface area contributed by atoms with Crippen LogP contribution >= 0.6 is 34.8 Å². The Labute approximate surface area is 143 Å². The van der Waals surface area contributed by atoms with Crippen molar-refractivity contribution in [2.24, 2.45) is 0 Å². The maximum atomic E-state index is 12.8. The van der Waals surface area contributed by atoms with Crippen LogP contribution < -0.4 is 4.31 Å². The Morgan fingerprint density at radius 3 is 2.00 bits per heavy atom. The van der Waals surface area contributed by atoms with Crippen LogP contribution in [0.2, 0.25) is 10.0 Å². The van der Waals surface area contributed by atoms with E-state index in [1.54, 1.807) is 24.3 Å². The van der Waals surface area contributed by atoms with Crippen molar-refractivity contribution in [3.63, 3.8) is 0 Å². The Bertz CT molecular complexity index is 774. The molecule has 0 aliphatic rings. The van der Waals surface area contributed by atoms with E-state index < -0.39 is 21.8 Å². The number of hydrogen-bond acceptors (Lipinski definition) is 3. The summed E-state index contributed by atoms with van der Waals surface area (Å²) in [5.41, 5.74) is 0.0173. The average Bonchev–Trinajstić information content (AvgIpc) is 2.46. The lowest BCUT2D eigenvalue weighted by Crippen LogP contribution is -2.35. The summed E-state index contributed by atoms with van der Waals surface area (Å²) in [5.74, 6) is 0. The van der Waals surface area contributed by atoms with E-state index in [0.29, 0.717) is 0 Å². The number of carbonyl (C=O) groups excluding carboxylic acids is 1. The highest BCUT2D eigenvalue weighted by molar-refractivity contribution is 7.93. The molecule has 2 aromatic carbocycles. The first-order chi connectivity index (χ1) is 10.3. The summed E-state index contributed by atoms with van der Waals surface area (Å²) in [5, 5.41) is -0.648. The van der Waals surface area contributed by atoms with Crippen LogP contribution in [-0.4, -0.2) is 20.2 Å². The molecule has 22 heavy (non-hydrogen) atoms. The largest absolute Gasteiger partial charge is 0.279 e. The van der Waals surface area contributed by atoms with E-state index >= 15 is 0 Å². The minimum absolute atomic E-state index is 0.00361. The van der Waals surface area contributed by atoms with Crippen LogP contribution in [0.3, 0.4) is 0 Å². The van der Waals surface area contributed by atoms with Crippen molar-refractivity contribution in [3.05, 3.63) is 58.6 Å². The third kappa shape index (κ3) is 3.55. The van der Waals surface area contributed by atoms with Crippen molar-refractivity contribution in [3.8, 4) is 0 Å². The molecule has 0 atom stereocenters. The highest BCUT2D eigenvalue weighted by atomic mass is 35.5. The molecule has 0 amide bonds. The van der Waals surface area contributed by atoms with Crippen LogP contribution in [0.15, 0.2) is 53.4 Å². The third-order valence-electron chi connectivity index (χ3n) is 2.79. The number of hydrogen-bond donors (Lipinski definition) is 0. The first-order valence-electron chi connectivity index (χ1n) is 6.04. The Morgan fingerprint density at radius 1 is 0.955 bits per heavy atom. The monoisotopic (exact) mass is 377 g/mol. The van der Waals surface area contributed by atoms with Crippen LogP contribution in [-0.2, 0) is 14.8 Å². The summed E-state index contributed by atoms with van der Waals surface area (Å²) < 4.78 is 26.3. The van der Waals surface area contributed by atoms with Gasteiger partial charge in [0.25, 0.3) is 10.0 Å². The molecule has 0 saturated carbocycles. The Morgan fingerprint density at radius 2 is 1.50 bits per heavy atom. The van der Waals surface area contributed by atoms with E-state index in [-0.39, 0.29) is 20.6 Å². The van der Waals surface area contributed by atoms with Gasteiger partial charge >= 0.3 is 0 Å². The van der Waals surface area contributed by atoms with E-state index in [2.05, 4.69) is 0 Å². The summed E-state index contributed by atoms with van der Waals surface area (Å²) in [6.07, 6.45) is 0. The van der Waals surface area contributed by atoms with Crippen molar-refractivity contribution in [1.82, 2.24) is 0 Å². The van der Waals surface area contributed by atoms with Crippen molar-refractivity contribution in [2.45, 2.75) is 4.90 Å². The highest BCUT2D eigenvalue weighted by Crippen LogP contribution is 2.36. The summed E-state index contributed by atoms with van der Waals surface area (Å²) in [6.45, 7) is -0.581. The molecule has 116 valence electrons. The minimum atomic E-state index is -4.04. The van der Waals surface area contributed by atoms with Crippen LogP contribution in [0.25, 0.3) is 0 Å². The lowest BCUT2D eigenvalue weighted by molar-refractivity contribution is -0.110. The van der Waals surface area contributed by atoms with Gasteiger partial charge in [-0.3, -0.25) is 9.10 Å². The predicted octanol–water partition coefficient (Wildman–Crippen LogP) is 3.95. The van der Waals surface area contributed by atoms with Gasteiger partial charge in [0.2, 0.25) is 5.24 Å². The second-order valence-corrected chi connectivity index (χ2v) is 7.35. The van der Waals surface area contributed by atoms with Crippen LogP contribution in [0.4, 0.5) is 5.69 Å². The molecule has 0 spiro atoms. The van der Waals surface area contributed by atoms with E-state index in [1.165, 1.54) is 24.3 Å². The van der Waals surface area contributed by atoms with Crippen molar-refractivity contribution in [2.75, 3.05) is 10.8 Å². The number of halogens is 3. The van der Waals surface area contributed by atoms with E-state index in [1.807, 2.05) is 0 Å². The zero-order chi connectivity index (χ0) is 16.3. The molecule has 0 unspecified atom stereocenters. The van der Waals surface area contributed by atoms with Gasteiger partial charge in [-0.25, -0.2) is 8.42 Å². The van der Waals surface area contributed by atoms with Gasteiger partial charge in [0.05, 0.1) is 20.6 Å². The van der Waals surface area contributed by atoms with Gasteiger partial charge in [-0.15, -0.1) is 0 Å². The predicted molar refractivity (Wildman–Crippen MR) is 88.3 cm³/mol. The molecule has 0 heterocycles. The average molecular weight is 379 g/mol.